The number of aromatic nitrogens is 4. The van der Waals surface area contributed by atoms with E-state index in [1.54, 1.807) is 0 Å². The highest BCUT2D eigenvalue weighted by atomic mass is 16.2. The number of hydrogen-bond donors (Lipinski definition) is 1. The van der Waals surface area contributed by atoms with Crippen LogP contribution in [0, 0.1) is 6.92 Å². The molecular formula is C20H25N5O. The second-order valence-electron chi connectivity index (χ2n) is 7.42. The Morgan fingerprint density at radius 3 is 2.92 bits per heavy atom. The van der Waals surface area contributed by atoms with Crippen molar-refractivity contribution in [2.45, 2.75) is 52.1 Å². The van der Waals surface area contributed by atoms with E-state index in [4.69, 9.17) is 0 Å². The van der Waals surface area contributed by atoms with Gasteiger partial charge >= 0.3 is 0 Å². The lowest BCUT2D eigenvalue weighted by Crippen LogP contribution is -2.38. The van der Waals surface area contributed by atoms with Crippen LogP contribution in [0.25, 0.3) is 11.0 Å². The fourth-order valence-corrected chi connectivity index (χ4v) is 3.82. The number of H-pyrrole nitrogens is 1. The van der Waals surface area contributed by atoms with E-state index in [1.165, 1.54) is 0 Å². The van der Waals surface area contributed by atoms with Gasteiger partial charge in [-0.3, -0.25) is 9.89 Å². The molecule has 3 aromatic rings. The minimum absolute atomic E-state index is 0.0257. The van der Waals surface area contributed by atoms with Crippen molar-refractivity contribution in [1.82, 2.24) is 24.6 Å². The van der Waals surface area contributed by atoms with Gasteiger partial charge in [0.15, 0.2) is 0 Å². The summed E-state index contributed by atoms with van der Waals surface area (Å²) >= 11 is 0. The van der Waals surface area contributed by atoms with Crippen molar-refractivity contribution in [3.8, 4) is 0 Å². The molecule has 2 aromatic heterocycles. The van der Waals surface area contributed by atoms with Crippen LogP contribution < -0.4 is 0 Å². The molecule has 0 aliphatic carbocycles. The van der Waals surface area contributed by atoms with Crippen molar-refractivity contribution < 1.29 is 4.79 Å². The van der Waals surface area contributed by atoms with E-state index in [2.05, 4.69) is 39.7 Å². The third-order valence-corrected chi connectivity index (χ3v) is 5.32. The number of para-hydroxylation sites is 2. The summed E-state index contributed by atoms with van der Waals surface area (Å²) < 4.78 is 2.23. The predicted octanol–water partition coefficient (Wildman–Crippen LogP) is 3.50. The maximum Gasteiger partial charge on any atom is 0.274 e. The molecule has 1 amide bonds. The highest BCUT2D eigenvalue weighted by molar-refractivity contribution is 5.92. The summed E-state index contributed by atoms with van der Waals surface area (Å²) in [5.41, 5.74) is 3.66. The SMILES string of the molecule is Cc1nc2ccccc2n1C[C@H]1CCCN1C(=O)c1cc(C(C)C)[nH]n1. The second-order valence-corrected chi connectivity index (χ2v) is 7.42. The van der Waals surface area contributed by atoms with Crippen molar-refractivity contribution in [3.63, 3.8) is 0 Å². The number of aryl methyl sites for hydroxylation is 1. The summed E-state index contributed by atoms with van der Waals surface area (Å²) in [6.07, 6.45) is 2.04. The van der Waals surface area contributed by atoms with Gasteiger partial charge in [-0.1, -0.05) is 26.0 Å². The smallest absolute Gasteiger partial charge is 0.274 e. The molecule has 6 nitrogen and oxygen atoms in total. The average molecular weight is 351 g/mol. The minimum Gasteiger partial charge on any atom is -0.332 e. The van der Waals surface area contributed by atoms with Crippen molar-refractivity contribution in [3.05, 3.63) is 47.5 Å². The maximum absolute atomic E-state index is 13.0. The predicted molar refractivity (Wildman–Crippen MR) is 101 cm³/mol. The van der Waals surface area contributed by atoms with Crippen molar-refractivity contribution in [1.29, 1.82) is 0 Å². The Morgan fingerprint density at radius 2 is 2.15 bits per heavy atom. The van der Waals surface area contributed by atoms with Crippen LogP contribution in [-0.2, 0) is 6.54 Å². The van der Waals surface area contributed by atoms with Crippen LogP contribution >= 0.6 is 0 Å². The molecular weight excluding hydrogens is 326 g/mol. The van der Waals surface area contributed by atoms with Crippen LogP contribution in [0.1, 0.15) is 54.6 Å². The zero-order valence-corrected chi connectivity index (χ0v) is 15.6. The van der Waals surface area contributed by atoms with E-state index >= 15 is 0 Å². The third-order valence-electron chi connectivity index (χ3n) is 5.32. The number of aromatic amines is 1. The maximum atomic E-state index is 13.0. The first-order valence-electron chi connectivity index (χ1n) is 9.32. The molecule has 1 saturated heterocycles. The minimum atomic E-state index is 0.0257. The third kappa shape index (κ3) is 2.89. The molecule has 1 aliphatic heterocycles. The Kier molecular flexibility index (Phi) is 4.26. The van der Waals surface area contributed by atoms with Gasteiger partial charge in [0, 0.05) is 18.8 Å². The summed E-state index contributed by atoms with van der Waals surface area (Å²) in [5, 5.41) is 7.24. The molecule has 0 radical (unpaired) electrons. The Balaban J connectivity index is 1.58. The van der Waals surface area contributed by atoms with Crippen LogP contribution in [0.4, 0.5) is 0 Å². The van der Waals surface area contributed by atoms with Gasteiger partial charge in [-0.05, 0) is 43.9 Å². The van der Waals surface area contributed by atoms with Crippen LogP contribution in [0.3, 0.4) is 0 Å². The zero-order valence-electron chi connectivity index (χ0n) is 15.6. The fraction of sp³-hybridized carbons (Fsp3) is 0.450. The molecule has 1 aliphatic rings. The van der Waals surface area contributed by atoms with Crippen LogP contribution in [-0.4, -0.2) is 43.1 Å². The fourth-order valence-electron chi connectivity index (χ4n) is 3.82. The molecule has 26 heavy (non-hydrogen) atoms. The monoisotopic (exact) mass is 351 g/mol. The Hall–Kier alpha value is -2.63. The van der Waals surface area contributed by atoms with Gasteiger partial charge in [-0.25, -0.2) is 4.98 Å². The topological polar surface area (TPSA) is 66.8 Å². The van der Waals surface area contributed by atoms with E-state index in [9.17, 15) is 4.79 Å². The number of likely N-dealkylation sites (tertiary alicyclic amines) is 1. The molecule has 1 N–H and O–H groups in total. The summed E-state index contributed by atoms with van der Waals surface area (Å²) in [4.78, 5) is 19.6. The van der Waals surface area contributed by atoms with E-state index in [0.29, 0.717) is 11.6 Å². The van der Waals surface area contributed by atoms with Crippen molar-refractivity contribution in [2.24, 2.45) is 0 Å². The van der Waals surface area contributed by atoms with E-state index in [1.807, 2.05) is 36.1 Å². The van der Waals surface area contributed by atoms with Gasteiger partial charge in [0.25, 0.3) is 5.91 Å². The summed E-state index contributed by atoms with van der Waals surface area (Å²) in [7, 11) is 0. The normalized spacial score (nSPS) is 17.5. The van der Waals surface area contributed by atoms with Gasteiger partial charge in [0.2, 0.25) is 0 Å². The largest absolute Gasteiger partial charge is 0.332 e. The first-order chi connectivity index (χ1) is 12.5. The molecule has 6 heteroatoms. The van der Waals surface area contributed by atoms with Crippen LogP contribution in [0.2, 0.25) is 0 Å². The van der Waals surface area contributed by atoms with Crippen molar-refractivity contribution >= 4 is 16.9 Å². The van der Waals surface area contributed by atoms with Gasteiger partial charge in [-0.15, -0.1) is 0 Å². The molecule has 0 unspecified atom stereocenters. The molecule has 1 atom stereocenters. The first kappa shape index (κ1) is 16.8. The van der Waals surface area contributed by atoms with Gasteiger partial charge in [0.1, 0.15) is 11.5 Å². The molecule has 3 heterocycles. The number of hydrogen-bond acceptors (Lipinski definition) is 3. The highest BCUT2D eigenvalue weighted by Gasteiger charge is 2.31. The van der Waals surface area contributed by atoms with E-state index in [-0.39, 0.29) is 11.9 Å². The molecule has 1 fully saturated rings. The highest BCUT2D eigenvalue weighted by Crippen LogP contribution is 2.25. The number of carbonyl (C=O) groups is 1. The molecule has 0 saturated carbocycles. The van der Waals surface area contributed by atoms with E-state index in [0.717, 1.165) is 48.5 Å². The lowest BCUT2D eigenvalue weighted by molar-refractivity contribution is 0.0718. The number of benzene rings is 1. The number of amides is 1. The number of imidazole rings is 1. The number of nitrogens with one attached hydrogen (secondary N) is 1. The van der Waals surface area contributed by atoms with Crippen molar-refractivity contribution in [2.75, 3.05) is 6.54 Å². The summed E-state index contributed by atoms with van der Waals surface area (Å²) in [5.74, 6) is 1.35. The number of fused-ring (bicyclic) bond motifs is 1. The van der Waals surface area contributed by atoms with Crippen LogP contribution in [0.5, 0.6) is 0 Å². The lowest BCUT2D eigenvalue weighted by Gasteiger charge is -2.25. The molecule has 0 bridgehead atoms. The van der Waals surface area contributed by atoms with E-state index < -0.39 is 0 Å². The number of rotatable bonds is 4. The Labute approximate surface area is 153 Å². The van der Waals surface area contributed by atoms with Gasteiger partial charge < -0.3 is 9.47 Å². The quantitative estimate of drug-likeness (QED) is 0.782. The summed E-state index contributed by atoms with van der Waals surface area (Å²) in [6.45, 7) is 7.78. The number of carbonyl (C=O) groups excluding carboxylic acids is 1. The zero-order chi connectivity index (χ0) is 18.3. The molecule has 1 aromatic carbocycles. The van der Waals surface area contributed by atoms with Gasteiger partial charge in [-0.2, -0.15) is 5.10 Å². The molecule has 4 rings (SSSR count). The molecule has 0 spiro atoms. The average Bonchev–Trinajstić information content (AvgIpc) is 3.34. The Bertz CT molecular complexity index is 939. The molecule has 136 valence electrons. The standard InChI is InChI=1S/C20H25N5O/c1-13(2)17-11-18(23-22-17)20(26)24-10-6-7-15(24)12-25-14(3)21-16-8-4-5-9-19(16)25/h4-5,8-9,11,13,15H,6-7,10,12H2,1-3H3,(H,22,23)/t15-/m1/s1. The van der Waals surface area contributed by atoms with Crippen LogP contribution in [0.15, 0.2) is 30.3 Å². The second kappa shape index (κ2) is 6.59. The Morgan fingerprint density at radius 1 is 1.35 bits per heavy atom. The number of nitrogens with zero attached hydrogens (tertiary/aromatic N) is 4. The lowest BCUT2D eigenvalue weighted by atomic mass is 10.1. The van der Waals surface area contributed by atoms with Gasteiger partial charge in [0.05, 0.1) is 17.1 Å². The first-order valence-corrected chi connectivity index (χ1v) is 9.32. The summed E-state index contributed by atoms with van der Waals surface area (Å²) in [6, 6.07) is 10.2.